The van der Waals surface area contributed by atoms with Crippen LogP contribution in [0.3, 0.4) is 0 Å². The van der Waals surface area contributed by atoms with Crippen LogP contribution in [0.1, 0.15) is 10.4 Å². The Morgan fingerprint density at radius 2 is 1.94 bits per heavy atom. The van der Waals surface area contributed by atoms with Crippen molar-refractivity contribution in [3.63, 3.8) is 0 Å². The molecule has 0 saturated carbocycles. The predicted octanol–water partition coefficient (Wildman–Crippen LogP) is 1.49. The van der Waals surface area contributed by atoms with Gasteiger partial charge in [-0.25, -0.2) is 0 Å². The number of ketones is 1. The molecule has 98 valence electrons. The van der Waals surface area contributed by atoms with Crippen LogP contribution in [-0.2, 0) is 10.1 Å². The van der Waals surface area contributed by atoms with Crippen molar-refractivity contribution >= 4 is 15.9 Å². The fourth-order valence-corrected chi connectivity index (χ4v) is 1.83. The summed E-state index contributed by atoms with van der Waals surface area (Å²) in [7, 11) is -5.80. The molecule has 1 aliphatic rings. The molecule has 0 fully saturated rings. The molecule has 0 aliphatic carbocycles. The van der Waals surface area contributed by atoms with Gasteiger partial charge >= 0.3 is 15.6 Å². The van der Waals surface area contributed by atoms with Crippen LogP contribution in [-0.4, -0.2) is 26.3 Å². The number of Topliss-reactive ketones (excluding diaryl/α,β-unsaturated/α-hetero) is 1. The van der Waals surface area contributed by atoms with E-state index in [0.29, 0.717) is 0 Å². The lowest BCUT2D eigenvalue weighted by Crippen LogP contribution is -2.28. The molecule has 18 heavy (non-hydrogen) atoms. The number of rotatable bonds is 2. The summed E-state index contributed by atoms with van der Waals surface area (Å²) in [4.78, 5) is 11.3. The maximum absolute atomic E-state index is 12.1. The number of ether oxygens (including phenoxy) is 1. The topological polar surface area (TPSA) is 69.7 Å². The van der Waals surface area contributed by atoms with Gasteiger partial charge in [-0.1, -0.05) is 6.07 Å². The Morgan fingerprint density at radius 1 is 1.28 bits per heavy atom. The van der Waals surface area contributed by atoms with E-state index in [0.717, 1.165) is 6.07 Å². The van der Waals surface area contributed by atoms with Crippen LogP contribution in [0.2, 0.25) is 0 Å². The van der Waals surface area contributed by atoms with Crippen molar-refractivity contribution in [2.75, 3.05) is 6.61 Å². The molecule has 0 amide bonds. The summed E-state index contributed by atoms with van der Waals surface area (Å²) in [5, 5.41) is 0. The van der Waals surface area contributed by atoms with E-state index in [4.69, 9.17) is 4.74 Å². The maximum atomic E-state index is 12.1. The van der Waals surface area contributed by atoms with Gasteiger partial charge in [-0.05, 0) is 12.1 Å². The normalized spacial score (nSPS) is 15.2. The smallest absolute Gasteiger partial charge is 0.485 e. The predicted molar refractivity (Wildman–Crippen MR) is 51.9 cm³/mol. The number of hydrogen-bond donors (Lipinski definition) is 0. The van der Waals surface area contributed by atoms with Gasteiger partial charge in [0.05, 0.1) is 0 Å². The molecule has 0 unspecified atom stereocenters. The van der Waals surface area contributed by atoms with E-state index in [1.54, 1.807) is 0 Å². The fraction of sp³-hybridized carbons (Fsp3) is 0.222. The van der Waals surface area contributed by atoms with Crippen molar-refractivity contribution in [2.45, 2.75) is 5.51 Å². The molecule has 0 atom stereocenters. The Hall–Kier alpha value is -1.77. The van der Waals surface area contributed by atoms with E-state index in [2.05, 4.69) is 4.18 Å². The van der Waals surface area contributed by atoms with E-state index in [1.165, 1.54) is 12.1 Å². The molecule has 2 rings (SSSR count). The fourth-order valence-electron chi connectivity index (χ4n) is 1.36. The van der Waals surface area contributed by atoms with Crippen LogP contribution in [0.25, 0.3) is 0 Å². The second kappa shape index (κ2) is 3.87. The largest absolute Gasteiger partial charge is 0.534 e. The highest BCUT2D eigenvalue weighted by Crippen LogP contribution is 2.36. The van der Waals surface area contributed by atoms with E-state index in [9.17, 15) is 26.4 Å². The standard InChI is InChI=1S/C9H5F3O5S/c10-9(11,12)18(14,15)17-7-3-1-2-6-8(7)5(13)4-16-6/h1-3H,4H2. The first-order valence-electron chi connectivity index (χ1n) is 4.52. The zero-order valence-electron chi connectivity index (χ0n) is 8.52. The van der Waals surface area contributed by atoms with Crippen molar-refractivity contribution < 1.29 is 35.3 Å². The van der Waals surface area contributed by atoms with Gasteiger partial charge in [-0.2, -0.15) is 21.6 Å². The minimum absolute atomic E-state index is 0.00475. The third kappa shape index (κ3) is 2.01. The summed E-state index contributed by atoms with van der Waals surface area (Å²) in [6, 6.07) is 3.50. The van der Waals surface area contributed by atoms with Gasteiger partial charge in [0.15, 0.2) is 12.4 Å². The Balaban J connectivity index is 2.44. The van der Waals surface area contributed by atoms with E-state index >= 15 is 0 Å². The van der Waals surface area contributed by atoms with Gasteiger partial charge in [-0.3, -0.25) is 4.79 Å². The van der Waals surface area contributed by atoms with Gasteiger partial charge in [0.1, 0.15) is 11.3 Å². The lowest BCUT2D eigenvalue weighted by Gasteiger charge is -2.10. The average Bonchev–Trinajstić information content (AvgIpc) is 2.59. The van der Waals surface area contributed by atoms with E-state index in [-0.39, 0.29) is 17.9 Å². The highest BCUT2D eigenvalue weighted by atomic mass is 32.2. The molecule has 0 aromatic heterocycles. The number of fused-ring (bicyclic) bond motifs is 1. The maximum Gasteiger partial charge on any atom is 0.534 e. The number of carbonyl (C=O) groups excluding carboxylic acids is 1. The molecule has 0 radical (unpaired) electrons. The van der Waals surface area contributed by atoms with Crippen molar-refractivity contribution in [3.8, 4) is 11.5 Å². The molecule has 1 aromatic carbocycles. The molecule has 1 heterocycles. The number of alkyl halides is 3. The van der Waals surface area contributed by atoms with Crippen molar-refractivity contribution in [3.05, 3.63) is 23.8 Å². The lowest BCUT2D eigenvalue weighted by atomic mass is 10.1. The van der Waals surface area contributed by atoms with Crippen LogP contribution in [0, 0.1) is 0 Å². The van der Waals surface area contributed by atoms with Crippen LogP contribution >= 0.6 is 0 Å². The first-order chi connectivity index (χ1) is 8.22. The molecule has 0 saturated heterocycles. The monoisotopic (exact) mass is 282 g/mol. The van der Waals surface area contributed by atoms with Crippen LogP contribution in [0.4, 0.5) is 13.2 Å². The number of hydrogen-bond acceptors (Lipinski definition) is 5. The molecule has 0 bridgehead atoms. The zero-order chi connectivity index (χ0) is 13.6. The molecule has 5 nitrogen and oxygen atoms in total. The first-order valence-corrected chi connectivity index (χ1v) is 5.93. The first kappa shape index (κ1) is 12.7. The molecular weight excluding hydrogens is 277 g/mol. The summed E-state index contributed by atoms with van der Waals surface area (Å²) < 4.78 is 66.8. The molecule has 9 heteroatoms. The van der Waals surface area contributed by atoms with Gasteiger partial charge in [0.25, 0.3) is 0 Å². The van der Waals surface area contributed by atoms with Crippen LogP contribution in [0.15, 0.2) is 18.2 Å². The number of carbonyl (C=O) groups is 1. The molecule has 1 aliphatic heterocycles. The molecule has 0 N–H and O–H groups in total. The van der Waals surface area contributed by atoms with E-state index in [1.807, 2.05) is 0 Å². The SMILES string of the molecule is O=C1COc2cccc(OS(=O)(=O)C(F)(F)F)c21. The Bertz CT molecular complexity index is 605. The zero-order valence-corrected chi connectivity index (χ0v) is 9.34. The summed E-state index contributed by atoms with van der Waals surface area (Å²) >= 11 is 0. The third-order valence-electron chi connectivity index (χ3n) is 2.11. The third-order valence-corrected chi connectivity index (χ3v) is 3.07. The quantitative estimate of drug-likeness (QED) is 0.607. The molecular formula is C9H5F3O5S. The highest BCUT2D eigenvalue weighted by Gasteiger charge is 2.49. The number of halogens is 3. The Morgan fingerprint density at radius 3 is 2.56 bits per heavy atom. The van der Waals surface area contributed by atoms with Gasteiger partial charge in [0.2, 0.25) is 5.78 Å². The summed E-state index contributed by atoms with van der Waals surface area (Å²) in [6.45, 7) is -0.359. The molecule has 1 aromatic rings. The average molecular weight is 282 g/mol. The number of benzene rings is 1. The second-order valence-corrected chi connectivity index (χ2v) is 4.86. The van der Waals surface area contributed by atoms with Crippen molar-refractivity contribution in [1.82, 2.24) is 0 Å². The van der Waals surface area contributed by atoms with Gasteiger partial charge in [-0.15, -0.1) is 0 Å². The highest BCUT2D eigenvalue weighted by molar-refractivity contribution is 7.88. The minimum Gasteiger partial charge on any atom is -0.485 e. The molecule has 0 spiro atoms. The lowest BCUT2D eigenvalue weighted by molar-refractivity contribution is -0.0500. The second-order valence-electron chi connectivity index (χ2n) is 3.32. The summed E-state index contributed by atoms with van der Waals surface area (Å²) in [5.74, 6) is -1.33. The van der Waals surface area contributed by atoms with Crippen molar-refractivity contribution in [2.24, 2.45) is 0 Å². The Kier molecular flexibility index (Phi) is 2.73. The van der Waals surface area contributed by atoms with Crippen LogP contribution in [0.5, 0.6) is 11.5 Å². The van der Waals surface area contributed by atoms with E-state index < -0.39 is 27.2 Å². The minimum atomic E-state index is -5.80. The van der Waals surface area contributed by atoms with Crippen LogP contribution < -0.4 is 8.92 Å². The Labute approximate surface area is 99.2 Å². The van der Waals surface area contributed by atoms with Gasteiger partial charge in [0, 0.05) is 0 Å². The summed E-state index contributed by atoms with van der Waals surface area (Å²) in [5.41, 5.74) is -5.86. The van der Waals surface area contributed by atoms with Crippen molar-refractivity contribution in [1.29, 1.82) is 0 Å². The van der Waals surface area contributed by atoms with Gasteiger partial charge < -0.3 is 8.92 Å². The summed E-state index contributed by atoms with van der Waals surface area (Å²) in [6.07, 6.45) is 0.